The number of aromatic nitrogens is 3. The molecule has 0 aliphatic carbocycles. The van der Waals surface area contributed by atoms with E-state index in [1.165, 1.54) is 18.2 Å². The number of nitro groups is 1. The van der Waals surface area contributed by atoms with Crippen LogP contribution in [0, 0.1) is 10.1 Å². The monoisotopic (exact) mass is 273 g/mol. The van der Waals surface area contributed by atoms with E-state index in [0.717, 1.165) is 5.56 Å². The summed E-state index contributed by atoms with van der Waals surface area (Å²) in [5.74, 6) is 0. The molecule has 102 valence electrons. The average molecular weight is 273 g/mol. The van der Waals surface area contributed by atoms with Crippen LogP contribution in [0.25, 0.3) is 11.1 Å². The summed E-state index contributed by atoms with van der Waals surface area (Å²) in [6.45, 7) is 1.93. The van der Waals surface area contributed by atoms with E-state index < -0.39 is 4.92 Å². The highest BCUT2D eigenvalue weighted by Gasteiger charge is 2.14. The van der Waals surface area contributed by atoms with Crippen molar-refractivity contribution in [2.24, 2.45) is 0 Å². The fraction of sp³-hybridized carbons (Fsp3) is 0.167. The Kier molecular flexibility index (Phi) is 2.82. The number of hydrogen-bond acceptors (Lipinski definition) is 6. The summed E-state index contributed by atoms with van der Waals surface area (Å²) in [7, 11) is 0. The van der Waals surface area contributed by atoms with Crippen LogP contribution in [0.1, 0.15) is 18.5 Å². The Morgan fingerprint density at radius 2 is 2.35 bits per heavy atom. The molecule has 2 N–H and O–H groups in total. The van der Waals surface area contributed by atoms with Gasteiger partial charge in [0.15, 0.2) is 5.58 Å². The molecule has 3 rings (SSSR count). The van der Waals surface area contributed by atoms with Crippen LogP contribution in [0.15, 0.2) is 35.0 Å². The zero-order valence-electron chi connectivity index (χ0n) is 10.5. The molecule has 1 unspecified atom stereocenters. The van der Waals surface area contributed by atoms with Crippen molar-refractivity contribution in [2.75, 3.05) is 5.32 Å². The number of hydrogen-bond donors (Lipinski definition) is 2. The minimum atomic E-state index is -0.463. The highest BCUT2D eigenvalue weighted by molar-refractivity contribution is 5.77. The number of benzene rings is 1. The molecular weight excluding hydrogens is 262 g/mol. The molecule has 0 saturated carbocycles. The van der Waals surface area contributed by atoms with Crippen LogP contribution in [0.3, 0.4) is 0 Å². The smallest absolute Gasteiger partial charge is 0.296 e. The second kappa shape index (κ2) is 4.65. The standard InChI is InChI=1S/C12H11N5O3/c1-7(8-5-13-14-6-8)15-12-16-10-4-9(17(18)19)2-3-11(10)20-12/h2-7H,1H3,(H,13,14)(H,15,16). The first-order chi connectivity index (χ1) is 9.63. The van der Waals surface area contributed by atoms with E-state index >= 15 is 0 Å². The van der Waals surface area contributed by atoms with Crippen LogP contribution in [0.5, 0.6) is 0 Å². The van der Waals surface area contributed by atoms with Crippen molar-refractivity contribution in [3.63, 3.8) is 0 Å². The molecule has 0 aliphatic heterocycles. The molecule has 8 heteroatoms. The van der Waals surface area contributed by atoms with Crippen LogP contribution in [-0.2, 0) is 0 Å². The highest BCUT2D eigenvalue weighted by atomic mass is 16.6. The van der Waals surface area contributed by atoms with Crippen LogP contribution in [0.2, 0.25) is 0 Å². The number of non-ortho nitro benzene ring substituents is 1. The molecule has 0 amide bonds. The van der Waals surface area contributed by atoms with E-state index in [1.54, 1.807) is 12.4 Å². The number of fused-ring (bicyclic) bond motifs is 1. The minimum absolute atomic E-state index is 0.0137. The molecule has 2 aromatic heterocycles. The summed E-state index contributed by atoms with van der Waals surface area (Å²) in [4.78, 5) is 14.4. The number of nitro benzene ring substituents is 1. The van der Waals surface area contributed by atoms with E-state index in [1.807, 2.05) is 6.92 Å². The third-order valence-electron chi connectivity index (χ3n) is 2.94. The third-order valence-corrected chi connectivity index (χ3v) is 2.94. The first-order valence-electron chi connectivity index (χ1n) is 5.93. The molecule has 2 heterocycles. The van der Waals surface area contributed by atoms with Crippen LogP contribution in [0.4, 0.5) is 11.7 Å². The van der Waals surface area contributed by atoms with Gasteiger partial charge < -0.3 is 9.73 Å². The largest absolute Gasteiger partial charge is 0.424 e. The number of nitrogens with one attached hydrogen (secondary N) is 2. The topological polar surface area (TPSA) is 110 Å². The predicted molar refractivity (Wildman–Crippen MR) is 71.3 cm³/mol. The maximum Gasteiger partial charge on any atom is 0.296 e. The Bertz CT molecular complexity index is 750. The van der Waals surface area contributed by atoms with Crippen molar-refractivity contribution in [2.45, 2.75) is 13.0 Å². The van der Waals surface area contributed by atoms with E-state index in [0.29, 0.717) is 17.1 Å². The van der Waals surface area contributed by atoms with Gasteiger partial charge in [-0.3, -0.25) is 15.2 Å². The van der Waals surface area contributed by atoms with Gasteiger partial charge in [-0.1, -0.05) is 0 Å². The number of H-pyrrole nitrogens is 1. The summed E-state index contributed by atoms with van der Waals surface area (Å²) in [5.41, 5.74) is 1.89. The lowest BCUT2D eigenvalue weighted by atomic mass is 10.2. The highest BCUT2D eigenvalue weighted by Crippen LogP contribution is 2.25. The summed E-state index contributed by atoms with van der Waals surface area (Å²) >= 11 is 0. The van der Waals surface area contributed by atoms with E-state index in [-0.39, 0.29) is 11.7 Å². The molecule has 20 heavy (non-hydrogen) atoms. The molecule has 3 aromatic rings. The number of rotatable bonds is 4. The van der Waals surface area contributed by atoms with E-state index in [4.69, 9.17) is 4.42 Å². The van der Waals surface area contributed by atoms with Crippen molar-refractivity contribution in [3.8, 4) is 0 Å². The molecule has 1 aromatic carbocycles. The van der Waals surface area contributed by atoms with Gasteiger partial charge in [0.05, 0.1) is 17.2 Å². The molecule has 1 atom stereocenters. The number of nitrogens with zero attached hydrogens (tertiary/aromatic N) is 3. The molecule has 0 radical (unpaired) electrons. The molecular formula is C12H11N5O3. The summed E-state index contributed by atoms with van der Waals surface area (Å²) < 4.78 is 5.50. The lowest BCUT2D eigenvalue weighted by molar-refractivity contribution is -0.384. The Hall–Kier alpha value is -2.90. The first kappa shape index (κ1) is 12.2. The van der Waals surface area contributed by atoms with Gasteiger partial charge in [-0.15, -0.1) is 0 Å². The van der Waals surface area contributed by atoms with Gasteiger partial charge in [0, 0.05) is 23.9 Å². The quantitative estimate of drug-likeness (QED) is 0.558. The fourth-order valence-electron chi connectivity index (χ4n) is 1.86. The SMILES string of the molecule is CC(Nc1nc2cc([N+](=O)[O-])ccc2o1)c1cn[nH]c1. The zero-order valence-corrected chi connectivity index (χ0v) is 10.5. The molecule has 8 nitrogen and oxygen atoms in total. The third kappa shape index (κ3) is 2.18. The van der Waals surface area contributed by atoms with Gasteiger partial charge in [0.1, 0.15) is 5.52 Å². The van der Waals surface area contributed by atoms with Gasteiger partial charge in [-0.2, -0.15) is 10.1 Å². The van der Waals surface area contributed by atoms with E-state index in [9.17, 15) is 10.1 Å². The second-order valence-electron chi connectivity index (χ2n) is 4.33. The number of anilines is 1. The van der Waals surface area contributed by atoms with Crippen molar-refractivity contribution in [1.82, 2.24) is 15.2 Å². The van der Waals surface area contributed by atoms with Crippen molar-refractivity contribution in [1.29, 1.82) is 0 Å². The first-order valence-corrected chi connectivity index (χ1v) is 5.93. The van der Waals surface area contributed by atoms with Crippen LogP contribution in [-0.4, -0.2) is 20.1 Å². The zero-order chi connectivity index (χ0) is 14.1. The molecule has 0 bridgehead atoms. The summed E-state index contributed by atoms with van der Waals surface area (Å²) in [6, 6.07) is 4.57. The fourth-order valence-corrected chi connectivity index (χ4v) is 1.86. The van der Waals surface area contributed by atoms with E-state index in [2.05, 4.69) is 20.5 Å². The summed E-state index contributed by atoms with van der Waals surface area (Å²) in [5, 5.41) is 20.4. The lowest BCUT2D eigenvalue weighted by Gasteiger charge is -2.08. The Balaban J connectivity index is 1.87. The van der Waals surface area contributed by atoms with Crippen molar-refractivity contribution >= 4 is 22.8 Å². The molecule has 0 saturated heterocycles. The van der Waals surface area contributed by atoms with Crippen LogP contribution < -0.4 is 5.32 Å². The lowest BCUT2D eigenvalue weighted by Crippen LogP contribution is -2.05. The second-order valence-corrected chi connectivity index (χ2v) is 4.33. The molecule has 0 fully saturated rings. The predicted octanol–water partition coefficient (Wildman–Crippen LogP) is 2.63. The maximum absolute atomic E-state index is 10.7. The number of aromatic amines is 1. The van der Waals surface area contributed by atoms with Gasteiger partial charge in [0.25, 0.3) is 11.7 Å². The van der Waals surface area contributed by atoms with Gasteiger partial charge in [-0.25, -0.2) is 0 Å². The Morgan fingerprint density at radius 1 is 1.50 bits per heavy atom. The minimum Gasteiger partial charge on any atom is -0.424 e. The summed E-state index contributed by atoms with van der Waals surface area (Å²) in [6.07, 6.45) is 3.47. The number of oxazole rings is 1. The van der Waals surface area contributed by atoms with Gasteiger partial charge in [-0.05, 0) is 13.0 Å². The van der Waals surface area contributed by atoms with Gasteiger partial charge >= 0.3 is 0 Å². The molecule has 0 spiro atoms. The van der Waals surface area contributed by atoms with Gasteiger partial charge in [0.2, 0.25) is 0 Å². The normalized spacial score (nSPS) is 12.4. The Labute approximate surface area is 113 Å². The molecule has 0 aliphatic rings. The Morgan fingerprint density at radius 3 is 3.05 bits per heavy atom. The average Bonchev–Trinajstić information content (AvgIpc) is 3.06. The van der Waals surface area contributed by atoms with Crippen molar-refractivity contribution < 1.29 is 9.34 Å². The van der Waals surface area contributed by atoms with Crippen LogP contribution >= 0.6 is 0 Å². The van der Waals surface area contributed by atoms with Crippen molar-refractivity contribution in [3.05, 3.63) is 46.3 Å². The maximum atomic E-state index is 10.7.